The highest BCUT2D eigenvalue weighted by Gasteiger charge is 2.84. The summed E-state index contributed by atoms with van der Waals surface area (Å²) in [4.78, 5) is 43.6. The molecule has 36 heavy (non-hydrogen) atoms. The van der Waals surface area contributed by atoms with Gasteiger partial charge in [0.15, 0.2) is 11.0 Å². The van der Waals surface area contributed by atoms with Gasteiger partial charge in [-0.05, 0) is 36.8 Å². The van der Waals surface area contributed by atoms with Crippen molar-refractivity contribution >= 4 is 58.0 Å². The van der Waals surface area contributed by atoms with E-state index in [1.54, 1.807) is 38.2 Å². The molecule has 9 nitrogen and oxygen atoms in total. The lowest BCUT2D eigenvalue weighted by atomic mass is 9.54. The molecule has 2 atom stereocenters. The molecule has 2 spiro atoms. The van der Waals surface area contributed by atoms with Crippen molar-refractivity contribution in [3.63, 3.8) is 0 Å². The van der Waals surface area contributed by atoms with Crippen LogP contribution >= 0.6 is 23.8 Å². The lowest BCUT2D eigenvalue weighted by Crippen LogP contribution is -2.65. The van der Waals surface area contributed by atoms with E-state index in [2.05, 4.69) is 5.32 Å². The third-order valence-corrected chi connectivity index (χ3v) is 7.85. The Bertz CT molecular complexity index is 1470. The minimum atomic E-state index is -2.30. The van der Waals surface area contributed by atoms with Gasteiger partial charge in [-0.3, -0.25) is 19.3 Å². The highest BCUT2D eigenvalue weighted by molar-refractivity contribution is 7.80. The number of nitrogens with one attached hydrogen (secondary N) is 1. The van der Waals surface area contributed by atoms with Crippen molar-refractivity contribution in [1.82, 2.24) is 5.32 Å². The Morgan fingerprint density at radius 3 is 2.47 bits per heavy atom. The molecule has 0 saturated carbocycles. The molecule has 0 radical (unpaired) electrons. The van der Waals surface area contributed by atoms with E-state index in [-0.39, 0.29) is 27.9 Å². The van der Waals surface area contributed by atoms with Gasteiger partial charge < -0.3 is 15.0 Å². The molecule has 5 rings (SSSR count). The van der Waals surface area contributed by atoms with Crippen molar-refractivity contribution in [2.45, 2.75) is 17.9 Å². The number of hydrogen-bond donors (Lipinski definition) is 1. The number of anilines is 2. The number of thiocarbonyl (C=S) groups is 1. The highest BCUT2D eigenvalue weighted by atomic mass is 35.5. The maximum atomic E-state index is 14.6. The standard InChI is InChI=1S/C25H18ClN5O4S/c1-3-35-19(32)11-31-18-9-8-14(26)10-16(18)24(21(31)33)23(12-27,13-28)20(36)29-25(24)15-6-4-5-7-17(15)30(2)22(25)34/h4-10H,3,11H2,1-2H3,(H,29,36)/t24-,25+/m0/s1. The Morgan fingerprint density at radius 2 is 1.81 bits per heavy atom. The van der Waals surface area contributed by atoms with Gasteiger partial charge in [-0.15, -0.1) is 0 Å². The number of esters is 1. The van der Waals surface area contributed by atoms with E-state index >= 15 is 0 Å². The van der Waals surface area contributed by atoms with Crippen molar-refractivity contribution in [2.24, 2.45) is 5.41 Å². The van der Waals surface area contributed by atoms with Gasteiger partial charge in [0.1, 0.15) is 11.5 Å². The molecule has 3 aliphatic heterocycles. The first-order valence-corrected chi connectivity index (χ1v) is 11.8. The summed E-state index contributed by atoms with van der Waals surface area (Å²) in [6, 6.07) is 15.2. The van der Waals surface area contributed by atoms with Crippen molar-refractivity contribution in [1.29, 1.82) is 10.5 Å². The van der Waals surface area contributed by atoms with Crippen molar-refractivity contribution in [3.05, 3.63) is 58.6 Å². The Hall–Kier alpha value is -3.99. The number of rotatable bonds is 3. The monoisotopic (exact) mass is 519 g/mol. The van der Waals surface area contributed by atoms with Crippen molar-refractivity contribution < 1.29 is 19.1 Å². The van der Waals surface area contributed by atoms with E-state index in [1.807, 2.05) is 12.1 Å². The maximum Gasteiger partial charge on any atom is 0.326 e. The van der Waals surface area contributed by atoms with Gasteiger partial charge in [0.2, 0.25) is 11.3 Å². The molecule has 1 fully saturated rings. The van der Waals surface area contributed by atoms with Crippen LogP contribution in [0, 0.1) is 28.1 Å². The average molecular weight is 520 g/mol. The number of amides is 2. The predicted molar refractivity (Wildman–Crippen MR) is 133 cm³/mol. The Balaban J connectivity index is 1.94. The van der Waals surface area contributed by atoms with E-state index in [0.29, 0.717) is 11.3 Å². The molecular weight excluding hydrogens is 502 g/mol. The number of fused-ring (bicyclic) bond motifs is 5. The van der Waals surface area contributed by atoms with Crippen LogP contribution in [-0.4, -0.2) is 43.0 Å². The highest BCUT2D eigenvalue weighted by Crippen LogP contribution is 2.67. The molecule has 0 aliphatic carbocycles. The summed E-state index contributed by atoms with van der Waals surface area (Å²) in [5.74, 6) is -2.07. The number of hydrogen-bond acceptors (Lipinski definition) is 7. The third-order valence-electron chi connectivity index (χ3n) is 7.21. The molecular formula is C25H18ClN5O4S. The average Bonchev–Trinajstić information content (AvgIpc) is 3.34. The SMILES string of the molecule is CCOC(=O)CN1C(=O)[C@@]2(c3cc(Cl)ccc31)C(C#N)(C#N)C(=S)N[C@]21C(=O)N(C)c2ccccc21. The van der Waals surface area contributed by atoms with Crippen LogP contribution in [0.25, 0.3) is 0 Å². The molecule has 0 unspecified atom stereocenters. The van der Waals surface area contributed by atoms with Crippen LogP contribution in [0.1, 0.15) is 18.1 Å². The second-order valence-electron chi connectivity index (χ2n) is 8.67. The zero-order valence-corrected chi connectivity index (χ0v) is 20.7. The Kier molecular flexibility index (Phi) is 5.11. The molecule has 180 valence electrons. The summed E-state index contributed by atoms with van der Waals surface area (Å²) in [5, 5.41) is 24.2. The largest absolute Gasteiger partial charge is 0.465 e. The number of carbonyl (C=O) groups excluding carboxylic acids is 3. The molecule has 11 heteroatoms. The summed E-state index contributed by atoms with van der Waals surface area (Å²) in [7, 11) is 1.54. The number of nitrogens with zero attached hydrogens (tertiary/aromatic N) is 4. The number of likely N-dealkylation sites (N-methyl/N-ethyl adjacent to an activating group) is 1. The van der Waals surface area contributed by atoms with Gasteiger partial charge in [-0.25, -0.2) is 0 Å². The van der Waals surface area contributed by atoms with Crippen LogP contribution in [0.15, 0.2) is 42.5 Å². The first-order valence-electron chi connectivity index (χ1n) is 11.0. The van der Waals surface area contributed by atoms with Crippen LogP contribution in [0.5, 0.6) is 0 Å². The van der Waals surface area contributed by atoms with Crippen LogP contribution in [-0.2, 0) is 30.1 Å². The Morgan fingerprint density at radius 1 is 1.11 bits per heavy atom. The third kappa shape index (κ3) is 2.43. The smallest absolute Gasteiger partial charge is 0.326 e. The van der Waals surface area contributed by atoms with E-state index in [9.17, 15) is 24.9 Å². The van der Waals surface area contributed by atoms with E-state index in [0.717, 1.165) is 4.90 Å². The zero-order chi connectivity index (χ0) is 26.0. The molecule has 2 amide bonds. The number of carbonyl (C=O) groups is 3. The van der Waals surface area contributed by atoms with E-state index < -0.39 is 40.7 Å². The molecule has 3 heterocycles. The first-order chi connectivity index (χ1) is 17.2. The normalized spacial score (nSPS) is 25.0. The predicted octanol–water partition coefficient (Wildman–Crippen LogP) is 2.32. The molecule has 0 aromatic heterocycles. The van der Waals surface area contributed by atoms with Crippen molar-refractivity contribution in [2.75, 3.05) is 30.0 Å². The second kappa shape index (κ2) is 7.76. The van der Waals surface area contributed by atoms with Gasteiger partial charge in [0.25, 0.3) is 5.91 Å². The quantitative estimate of drug-likeness (QED) is 0.483. The van der Waals surface area contributed by atoms with Crippen molar-refractivity contribution in [3.8, 4) is 12.1 Å². The number of nitriles is 2. The van der Waals surface area contributed by atoms with Crippen LogP contribution < -0.4 is 15.1 Å². The van der Waals surface area contributed by atoms with Crippen LogP contribution in [0.4, 0.5) is 11.4 Å². The number of para-hydroxylation sites is 1. The summed E-state index contributed by atoms with van der Waals surface area (Å²) < 4.78 is 5.07. The molecule has 1 N–H and O–H groups in total. The molecule has 1 saturated heterocycles. The maximum absolute atomic E-state index is 14.6. The van der Waals surface area contributed by atoms with Crippen LogP contribution in [0.2, 0.25) is 5.02 Å². The zero-order valence-electron chi connectivity index (χ0n) is 19.2. The van der Waals surface area contributed by atoms with Gasteiger partial charge in [0.05, 0.1) is 18.7 Å². The molecule has 2 aromatic carbocycles. The topological polar surface area (TPSA) is 127 Å². The number of benzene rings is 2. The lowest BCUT2D eigenvalue weighted by molar-refractivity contribution is -0.143. The summed E-state index contributed by atoms with van der Waals surface area (Å²) in [6.45, 7) is 1.23. The Labute approximate surface area is 216 Å². The lowest BCUT2D eigenvalue weighted by Gasteiger charge is -2.41. The second-order valence-corrected chi connectivity index (χ2v) is 9.51. The van der Waals surface area contributed by atoms with Gasteiger partial charge in [0, 0.05) is 29.0 Å². The number of ether oxygens (including phenoxy) is 1. The van der Waals surface area contributed by atoms with Gasteiger partial charge >= 0.3 is 5.97 Å². The minimum absolute atomic E-state index is 0.0893. The van der Waals surface area contributed by atoms with Crippen LogP contribution in [0.3, 0.4) is 0 Å². The molecule has 2 aromatic rings. The van der Waals surface area contributed by atoms with Gasteiger partial charge in [-0.1, -0.05) is 42.0 Å². The first kappa shape index (κ1) is 23.7. The minimum Gasteiger partial charge on any atom is -0.465 e. The van der Waals surface area contributed by atoms with E-state index in [1.165, 1.54) is 23.1 Å². The summed E-state index contributed by atoms with van der Waals surface area (Å²) in [5.41, 5.74) is -5.17. The summed E-state index contributed by atoms with van der Waals surface area (Å²) >= 11 is 11.9. The molecule has 0 bridgehead atoms. The summed E-state index contributed by atoms with van der Waals surface area (Å²) in [6.07, 6.45) is 0. The molecule has 3 aliphatic rings. The fourth-order valence-corrected chi connectivity index (χ4v) is 6.40. The van der Waals surface area contributed by atoms with Gasteiger partial charge in [-0.2, -0.15) is 10.5 Å². The number of halogens is 1. The fourth-order valence-electron chi connectivity index (χ4n) is 5.83. The van der Waals surface area contributed by atoms with E-state index in [4.69, 9.17) is 28.6 Å². The fraction of sp³-hybridized carbons (Fsp3) is 0.280.